The molecule has 2 rings (SSSR count). The van der Waals surface area contributed by atoms with Crippen molar-refractivity contribution in [3.05, 3.63) is 54.4 Å². The van der Waals surface area contributed by atoms with Crippen LogP contribution in [-0.4, -0.2) is 11.3 Å². The second-order valence-corrected chi connectivity index (χ2v) is 3.30. The summed E-state index contributed by atoms with van der Waals surface area (Å²) in [5.41, 5.74) is 3.33. The van der Waals surface area contributed by atoms with Gasteiger partial charge >= 0.3 is 0 Å². The van der Waals surface area contributed by atoms with E-state index in [4.69, 9.17) is 0 Å². The van der Waals surface area contributed by atoms with E-state index in [-0.39, 0.29) is 0 Å². The molecule has 1 aromatic carbocycles. The van der Waals surface area contributed by atoms with E-state index in [1.165, 1.54) is 0 Å². The minimum absolute atomic E-state index is 0.483. The molecule has 0 radical (unpaired) electrons. The molecule has 0 bridgehead atoms. The fourth-order valence-corrected chi connectivity index (χ4v) is 1.47. The molecule has 2 aromatic rings. The summed E-state index contributed by atoms with van der Waals surface area (Å²) in [7, 11) is 0. The van der Waals surface area contributed by atoms with E-state index in [0.29, 0.717) is 6.42 Å². The van der Waals surface area contributed by atoms with E-state index in [0.717, 1.165) is 23.0 Å². The number of pyridine rings is 1. The SMILES string of the molecule is O=CCc1ccc(-c2ccncc2)cc1. The average Bonchev–Trinajstić information content (AvgIpc) is 2.32. The lowest BCUT2D eigenvalue weighted by Crippen LogP contribution is -1.85. The third kappa shape index (κ3) is 2.29. The lowest BCUT2D eigenvalue weighted by Gasteiger charge is -2.01. The van der Waals surface area contributed by atoms with Crippen LogP contribution in [0, 0.1) is 0 Å². The zero-order chi connectivity index (χ0) is 10.5. The number of aromatic nitrogens is 1. The first kappa shape index (κ1) is 9.59. The maximum Gasteiger partial charge on any atom is 0.124 e. The first-order valence-electron chi connectivity index (χ1n) is 4.83. The zero-order valence-corrected chi connectivity index (χ0v) is 8.26. The van der Waals surface area contributed by atoms with Gasteiger partial charge in [-0.1, -0.05) is 24.3 Å². The molecule has 0 aliphatic rings. The van der Waals surface area contributed by atoms with Crippen LogP contribution in [0.3, 0.4) is 0 Å². The van der Waals surface area contributed by atoms with Crippen LogP contribution in [-0.2, 0) is 11.2 Å². The summed E-state index contributed by atoms with van der Waals surface area (Å²) < 4.78 is 0. The van der Waals surface area contributed by atoms with Crippen molar-refractivity contribution in [2.75, 3.05) is 0 Å². The lowest BCUT2D eigenvalue weighted by atomic mass is 10.0. The number of nitrogens with zero attached hydrogens (tertiary/aromatic N) is 1. The van der Waals surface area contributed by atoms with Crippen molar-refractivity contribution in [3.63, 3.8) is 0 Å². The number of hydrogen-bond acceptors (Lipinski definition) is 2. The van der Waals surface area contributed by atoms with Gasteiger partial charge in [0.25, 0.3) is 0 Å². The van der Waals surface area contributed by atoms with Gasteiger partial charge in [-0.05, 0) is 28.8 Å². The van der Waals surface area contributed by atoms with E-state index in [1.54, 1.807) is 12.4 Å². The van der Waals surface area contributed by atoms with Crippen LogP contribution in [0.15, 0.2) is 48.8 Å². The lowest BCUT2D eigenvalue weighted by molar-refractivity contribution is -0.107. The quantitative estimate of drug-likeness (QED) is 0.707. The number of hydrogen-bond donors (Lipinski definition) is 0. The molecule has 0 fully saturated rings. The standard InChI is InChI=1S/C13H11NO/c15-10-7-11-1-3-12(4-2-11)13-5-8-14-9-6-13/h1-6,8-10H,7H2. The van der Waals surface area contributed by atoms with Gasteiger partial charge in [0.1, 0.15) is 6.29 Å². The van der Waals surface area contributed by atoms with Crippen LogP contribution >= 0.6 is 0 Å². The smallest absolute Gasteiger partial charge is 0.124 e. The van der Waals surface area contributed by atoms with Crippen LogP contribution in [0.5, 0.6) is 0 Å². The third-order valence-corrected chi connectivity index (χ3v) is 2.29. The minimum Gasteiger partial charge on any atom is -0.303 e. The summed E-state index contributed by atoms with van der Waals surface area (Å²) in [6, 6.07) is 11.9. The van der Waals surface area contributed by atoms with Gasteiger partial charge in [0.05, 0.1) is 0 Å². The van der Waals surface area contributed by atoms with Gasteiger partial charge in [0.15, 0.2) is 0 Å². The van der Waals surface area contributed by atoms with E-state index in [2.05, 4.69) is 4.98 Å². The van der Waals surface area contributed by atoms with Crippen LogP contribution < -0.4 is 0 Å². The first-order chi connectivity index (χ1) is 7.40. The Bertz CT molecular complexity index is 434. The third-order valence-electron chi connectivity index (χ3n) is 2.29. The highest BCUT2D eigenvalue weighted by molar-refractivity contribution is 5.64. The fourth-order valence-electron chi connectivity index (χ4n) is 1.47. The minimum atomic E-state index is 0.483. The molecular weight excluding hydrogens is 186 g/mol. The van der Waals surface area contributed by atoms with Crippen molar-refractivity contribution in [1.29, 1.82) is 0 Å². The van der Waals surface area contributed by atoms with E-state index in [1.807, 2.05) is 36.4 Å². The van der Waals surface area contributed by atoms with Crippen molar-refractivity contribution >= 4 is 6.29 Å². The van der Waals surface area contributed by atoms with Gasteiger partial charge in [-0.2, -0.15) is 0 Å². The normalized spacial score (nSPS) is 9.87. The topological polar surface area (TPSA) is 30.0 Å². The first-order valence-corrected chi connectivity index (χ1v) is 4.83. The van der Waals surface area contributed by atoms with Crippen LogP contribution in [0.25, 0.3) is 11.1 Å². The van der Waals surface area contributed by atoms with E-state index in [9.17, 15) is 4.79 Å². The van der Waals surface area contributed by atoms with Crippen molar-refractivity contribution in [2.24, 2.45) is 0 Å². The molecule has 0 amide bonds. The molecule has 0 aliphatic carbocycles. The number of aldehydes is 1. The van der Waals surface area contributed by atoms with Gasteiger partial charge in [-0.25, -0.2) is 0 Å². The summed E-state index contributed by atoms with van der Waals surface area (Å²) in [4.78, 5) is 14.3. The van der Waals surface area contributed by atoms with Crippen molar-refractivity contribution in [1.82, 2.24) is 4.98 Å². The molecule has 1 aromatic heterocycles. The van der Waals surface area contributed by atoms with Crippen LogP contribution in [0.1, 0.15) is 5.56 Å². The Morgan fingerprint density at radius 1 is 0.933 bits per heavy atom. The number of carbonyl (C=O) groups excluding carboxylic acids is 1. The molecule has 74 valence electrons. The number of carbonyl (C=O) groups is 1. The number of rotatable bonds is 3. The molecule has 0 N–H and O–H groups in total. The highest BCUT2D eigenvalue weighted by Crippen LogP contribution is 2.18. The van der Waals surface area contributed by atoms with E-state index < -0.39 is 0 Å². The molecule has 15 heavy (non-hydrogen) atoms. The van der Waals surface area contributed by atoms with Crippen molar-refractivity contribution in [2.45, 2.75) is 6.42 Å². The molecule has 0 aliphatic heterocycles. The van der Waals surface area contributed by atoms with E-state index >= 15 is 0 Å². The van der Waals surface area contributed by atoms with Gasteiger partial charge in [-0.15, -0.1) is 0 Å². The van der Waals surface area contributed by atoms with Crippen LogP contribution in [0.4, 0.5) is 0 Å². The van der Waals surface area contributed by atoms with Gasteiger partial charge in [-0.3, -0.25) is 4.98 Å². The Hall–Kier alpha value is -1.96. The summed E-state index contributed by atoms with van der Waals surface area (Å²) in [6.45, 7) is 0. The molecular formula is C13H11NO. The molecule has 1 heterocycles. The Morgan fingerprint density at radius 3 is 2.13 bits per heavy atom. The Morgan fingerprint density at radius 2 is 1.53 bits per heavy atom. The number of benzene rings is 1. The summed E-state index contributed by atoms with van der Waals surface area (Å²) in [5.74, 6) is 0. The summed E-state index contributed by atoms with van der Waals surface area (Å²) in [6.07, 6.45) is 4.95. The Labute approximate surface area is 88.6 Å². The molecule has 2 heteroatoms. The van der Waals surface area contributed by atoms with Crippen LogP contribution in [0.2, 0.25) is 0 Å². The average molecular weight is 197 g/mol. The maximum absolute atomic E-state index is 10.3. The van der Waals surface area contributed by atoms with Crippen molar-refractivity contribution in [3.8, 4) is 11.1 Å². The zero-order valence-electron chi connectivity index (χ0n) is 8.26. The van der Waals surface area contributed by atoms with Gasteiger partial charge < -0.3 is 4.79 Å². The molecule has 0 saturated heterocycles. The fraction of sp³-hybridized carbons (Fsp3) is 0.0769. The van der Waals surface area contributed by atoms with Gasteiger partial charge in [0, 0.05) is 18.8 Å². The van der Waals surface area contributed by atoms with Crippen molar-refractivity contribution < 1.29 is 4.79 Å². The predicted octanol–water partition coefficient (Wildman–Crippen LogP) is 2.49. The second-order valence-electron chi connectivity index (χ2n) is 3.30. The second kappa shape index (κ2) is 4.51. The molecule has 0 atom stereocenters. The summed E-state index contributed by atoms with van der Waals surface area (Å²) in [5, 5.41) is 0. The highest BCUT2D eigenvalue weighted by Gasteiger charge is 1.96. The highest BCUT2D eigenvalue weighted by atomic mass is 16.1. The summed E-state index contributed by atoms with van der Waals surface area (Å²) >= 11 is 0. The molecule has 0 spiro atoms. The monoisotopic (exact) mass is 197 g/mol. The largest absolute Gasteiger partial charge is 0.303 e. The Kier molecular flexibility index (Phi) is 2.88. The van der Waals surface area contributed by atoms with Gasteiger partial charge in [0.2, 0.25) is 0 Å². The predicted molar refractivity (Wildman–Crippen MR) is 59.4 cm³/mol. The Balaban J connectivity index is 2.28. The molecule has 0 saturated carbocycles. The maximum atomic E-state index is 10.3. The molecule has 2 nitrogen and oxygen atoms in total. The molecule has 0 unspecified atom stereocenters.